The Morgan fingerprint density at radius 1 is 1.09 bits per heavy atom. The third-order valence-corrected chi connectivity index (χ3v) is 3.56. The van der Waals surface area contributed by atoms with Crippen LogP contribution in [0.2, 0.25) is 10.0 Å². The fourth-order valence-electron chi connectivity index (χ4n) is 1.94. The highest BCUT2D eigenvalue weighted by molar-refractivity contribution is 6.32. The van der Waals surface area contributed by atoms with Crippen molar-refractivity contribution in [2.45, 2.75) is 13.5 Å². The Morgan fingerprint density at radius 2 is 1.78 bits per heavy atom. The summed E-state index contributed by atoms with van der Waals surface area (Å²) >= 11 is 12.1. The fourth-order valence-corrected chi connectivity index (χ4v) is 2.33. The second-order valence-electron chi connectivity index (χ2n) is 4.63. The molecule has 2 rings (SSSR count). The van der Waals surface area contributed by atoms with E-state index in [0.717, 1.165) is 5.56 Å². The molecule has 0 N–H and O–H groups in total. The summed E-state index contributed by atoms with van der Waals surface area (Å²) in [5.74, 6) is 0.294. The SMILES string of the molecule is CCOc1cc(C(=O)OC)cc(Cl)c1OCc1ccc(Cl)cc1. The molecule has 0 fully saturated rings. The summed E-state index contributed by atoms with van der Waals surface area (Å²) in [6.07, 6.45) is 0. The van der Waals surface area contributed by atoms with E-state index < -0.39 is 5.97 Å². The van der Waals surface area contributed by atoms with E-state index >= 15 is 0 Å². The molecule has 2 aromatic carbocycles. The van der Waals surface area contributed by atoms with Crippen molar-refractivity contribution >= 4 is 29.2 Å². The number of carbonyl (C=O) groups excluding carboxylic acids is 1. The summed E-state index contributed by atoms with van der Waals surface area (Å²) in [7, 11) is 1.31. The number of methoxy groups -OCH3 is 1. The molecule has 0 saturated carbocycles. The molecule has 0 amide bonds. The normalized spacial score (nSPS) is 10.3. The first-order valence-corrected chi connectivity index (χ1v) is 7.72. The topological polar surface area (TPSA) is 44.8 Å². The summed E-state index contributed by atoms with van der Waals surface area (Å²) in [6.45, 7) is 2.55. The van der Waals surface area contributed by atoms with Crippen molar-refractivity contribution in [3.8, 4) is 11.5 Å². The molecule has 0 saturated heterocycles. The van der Waals surface area contributed by atoms with Crippen molar-refractivity contribution in [2.75, 3.05) is 13.7 Å². The van der Waals surface area contributed by atoms with Crippen LogP contribution in [0.25, 0.3) is 0 Å². The van der Waals surface area contributed by atoms with Crippen LogP contribution in [-0.2, 0) is 11.3 Å². The third kappa shape index (κ3) is 4.53. The van der Waals surface area contributed by atoms with Gasteiger partial charge >= 0.3 is 5.97 Å². The smallest absolute Gasteiger partial charge is 0.338 e. The first-order chi connectivity index (χ1) is 11.0. The maximum atomic E-state index is 11.7. The van der Waals surface area contributed by atoms with Crippen LogP contribution in [0.1, 0.15) is 22.8 Å². The summed E-state index contributed by atoms with van der Waals surface area (Å²) in [5.41, 5.74) is 1.24. The molecule has 4 nitrogen and oxygen atoms in total. The maximum Gasteiger partial charge on any atom is 0.338 e. The number of halogens is 2. The quantitative estimate of drug-likeness (QED) is 0.701. The van der Waals surface area contributed by atoms with Gasteiger partial charge in [-0.1, -0.05) is 35.3 Å². The van der Waals surface area contributed by atoms with Crippen molar-refractivity contribution in [1.82, 2.24) is 0 Å². The Labute approximate surface area is 144 Å². The van der Waals surface area contributed by atoms with Gasteiger partial charge in [-0.3, -0.25) is 0 Å². The Kier molecular flexibility index (Phi) is 6.13. The average molecular weight is 355 g/mol. The molecule has 0 bridgehead atoms. The molecule has 122 valence electrons. The molecule has 23 heavy (non-hydrogen) atoms. The highest BCUT2D eigenvalue weighted by Crippen LogP contribution is 2.37. The monoisotopic (exact) mass is 354 g/mol. The van der Waals surface area contributed by atoms with E-state index in [2.05, 4.69) is 0 Å². The molecule has 0 spiro atoms. The van der Waals surface area contributed by atoms with E-state index in [1.54, 1.807) is 18.2 Å². The van der Waals surface area contributed by atoms with Gasteiger partial charge in [0.2, 0.25) is 0 Å². The number of ether oxygens (including phenoxy) is 3. The molecule has 0 aliphatic rings. The maximum absolute atomic E-state index is 11.7. The Bertz CT molecular complexity index is 684. The Morgan fingerprint density at radius 3 is 2.39 bits per heavy atom. The molecule has 6 heteroatoms. The van der Waals surface area contributed by atoms with Gasteiger partial charge in [0, 0.05) is 5.02 Å². The zero-order valence-electron chi connectivity index (χ0n) is 12.8. The van der Waals surface area contributed by atoms with Crippen molar-refractivity contribution in [3.05, 3.63) is 57.6 Å². The number of hydrogen-bond donors (Lipinski definition) is 0. The number of rotatable bonds is 6. The van der Waals surface area contributed by atoms with Crippen LogP contribution >= 0.6 is 23.2 Å². The van der Waals surface area contributed by atoms with Crippen LogP contribution < -0.4 is 9.47 Å². The summed E-state index contributed by atoms with van der Waals surface area (Å²) < 4.78 is 16.0. The lowest BCUT2D eigenvalue weighted by Crippen LogP contribution is -2.05. The summed E-state index contributed by atoms with van der Waals surface area (Å²) in [5, 5.41) is 0.939. The minimum Gasteiger partial charge on any atom is -0.490 e. The number of esters is 1. The van der Waals surface area contributed by atoms with Crippen molar-refractivity contribution in [3.63, 3.8) is 0 Å². The number of benzene rings is 2. The molecule has 0 aliphatic heterocycles. The first kappa shape index (κ1) is 17.4. The van der Waals surface area contributed by atoms with Crippen LogP contribution in [0.4, 0.5) is 0 Å². The molecule has 0 unspecified atom stereocenters. The summed E-state index contributed by atoms with van der Waals surface area (Å²) in [4.78, 5) is 11.7. The second-order valence-corrected chi connectivity index (χ2v) is 5.47. The predicted molar refractivity (Wildman–Crippen MR) is 89.7 cm³/mol. The Balaban J connectivity index is 2.25. The number of hydrogen-bond acceptors (Lipinski definition) is 4. The first-order valence-electron chi connectivity index (χ1n) is 6.97. The Hall–Kier alpha value is -1.91. The molecule has 0 radical (unpaired) electrons. The fraction of sp³-hybridized carbons (Fsp3) is 0.235. The van der Waals surface area contributed by atoms with Crippen LogP contribution in [0.3, 0.4) is 0 Å². The van der Waals surface area contributed by atoms with Gasteiger partial charge in [0.05, 0.1) is 24.3 Å². The van der Waals surface area contributed by atoms with E-state index in [9.17, 15) is 4.79 Å². The molecule has 2 aromatic rings. The molecular formula is C17H16Cl2O4. The molecule has 0 aliphatic carbocycles. The lowest BCUT2D eigenvalue weighted by Gasteiger charge is -2.15. The average Bonchev–Trinajstić information content (AvgIpc) is 2.55. The van der Waals surface area contributed by atoms with Gasteiger partial charge in [-0.25, -0.2) is 4.79 Å². The van der Waals surface area contributed by atoms with E-state index in [1.165, 1.54) is 13.2 Å². The van der Waals surface area contributed by atoms with E-state index in [4.69, 9.17) is 37.4 Å². The van der Waals surface area contributed by atoms with E-state index in [0.29, 0.717) is 35.3 Å². The van der Waals surface area contributed by atoms with Crippen molar-refractivity contribution in [1.29, 1.82) is 0 Å². The van der Waals surface area contributed by atoms with Gasteiger partial charge in [0.1, 0.15) is 6.61 Å². The third-order valence-electron chi connectivity index (χ3n) is 3.03. The van der Waals surface area contributed by atoms with Gasteiger partial charge in [-0.15, -0.1) is 0 Å². The summed E-state index contributed by atoms with van der Waals surface area (Å²) in [6, 6.07) is 10.3. The second kappa shape index (κ2) is 8.09. The highest BCUT2D eigenvalue weighted by Gasteiger charge is 2.16. The molecule has 0 aromatic heterocycles. The van der Waals surface area contributed by atoms with Gasteiger partial charge in [-0.05, 0) is 36.8 Å². The van der Waals surface area contributed by atoms with Crippen molar-refractivity contribution in [2.24, 2.45) is 0 Å². The molecular weight excluding hydrogens is 339 g/mol. The molecule has 0 atom stereocenters. The van der Waals surface area contributed by atoms with Gasteiger partial charge in [0.15, 0.2) is 11.5 Å². The van der Waals surface area contributed by atoms with E-state index in [-0.39, 0.29) is 5.02 Å². The van der Waals surface area contributed by atoms with Gasteiger partial charge < -0.3 is 14.2 Å². The zero-order chi connectivity index (χ0) is 16.8. The van der Waals surface area contributed by atoms with Crippen molar-refractivity contribution < 1.29 is 19.0 Å². The number of carbonyl (C=O) groups is 1. The van der Waals surface area contributed by atoms with Crippen LogP contribution in [-0.4, -0.2) is 19.7 Å². The predicted octanol–water partition coefficient (Wildman–Crippen LogP) is 4.76. The van der Waals surface area contributed by atoms with Gasteiger partial charge in [0.25, 0.3) is 0 Å². The van der Waals surface area contributed by atoms with E-state index in [1.807, 2.05) is 19.1 Å². The van der Waals surface area contributed by atoms with Crippen LogP contribution in [0.5, 0.6) is 11.5 Å². The lowest BCUT2D eigenvalue weighted by atomic mass is 10.2. The highest BCUT2D eigenvalue weighted by atomic mass is 35.5. The lowest BCUT2D eigenvalue weighted by molar-refractivity contribution is 0.0600. The van der Waals surface area contributed by atoms with Gasteiger partial charge in [-0.2, -0.15) is 0 Å². The minimum absolute atomic E-state index is 0.283. The minimum atomic E-state index is -0.489. The van der Waals surface area contributed by atoms with Crippen LogP contribution in [0.15, 0.2) is 36.4 Å². The van der Waals surface area contributed by atoms with Crippen LogP contribution in [0, 0.1) is 0 Å². The standard InChI is InChI=1S/C17H16Cl2O4/c1-3-22-15-9-12(17(20)21-2)8-14(19)16(15)23-10-11-4-6-13(18)7-5-11/h4-9H,3,10H2,1-2H3. The molecule has 0 heterocycles. The zero-order valence-corrected chi connectivity index (χ0v) is 14.3. The largest absolute Gasteiger partial charge is 0.490 e.